The van der Waals surface area contributed by atoms with Gasteiger partial charge in [-0.2, -0.15) is 0 Å². The highest BCUT2D eigenvalue weighted by atomic mass is 14.9. The van der Waals surface area contributed by atoms with Gasteiger partial charge in [-0.15, -0.1) is 0 Å². The summed E-state index contributed by atoms with van der Waals surface area (Å²) < 4.78 is 2.43. The van der Waals surface area contributed by atoms with Crippen molar-refractivity contribution >= 4 is 0 Å². The van der Waals surface area contributed by atoms with E-state index in [1.54, 1.807) is 0 Å². The van der Waals surface area contributed by atoms with Crippen LogP contribution in [0.1, 0.15) is 103 Å². The van der Waals surface area contributed by atoms with Crippen LogP contribution in [0.2, 0.25) is 0 Å². The van der Waals surface area contributed by atoms with E-state index < -0.39 is 0 Å². The van der Waals surface area contributed by atoms with Crippen LogP contribution in [0.15, 0.2) is 18.5 Å². The molecule has 0 atom stereocenters. The minimum absolute atomic E-state index is 0.615. The Bertz CT molecular complexity index is 367. The first-order valence-electron chi connectivity index (χ1n) is 9.08. The molecule has 0 N–H and O–H groups in total. The SMILES string of the molecule is CCCCCCCCC[n+]1cc(C(C)C)cc(C(C)C)c1. The topological polar surface area (TPSA) is 3.88 Å². The van der Waals surface area contributed by atoms with Gasteiger partial charge >= 0.3 is 0 Å². The molecule has 21 heavy (non-hydrogen) atoms. The molecular formula is C20H36N+. The van der Waals surface area contributed by atoms with Gasteiger partial charge in [-0.25, -0.2) is 4.57 Å². The van der Waals surface area contributed by atoms with Gasteiger partial charge < -0.3 is 0 Å². The normalized spacial score (nSPS) is 11.6. The predicted molar refractivity (Wildman–Crippen MR) is 92.8 cm³/mol. The minimum Gasteiger partial charge on any atom is -0.205 e. The molecule has 0 aliphatic carbocycles. The number of nitrogens with zero attached hydrogens (tertiary/aromatic N) is 1. The number of aromatic nitrogens is 1. The van der Waals surface area contributed by atoms with Gasteiger partial charge in [0.05, 0.1) is 0 Å². The Hall–Kier alpha value is -0.850. The molecule has 0 saturated carbocycles. The van der Waals surface area contributed by atoms with Crippen LogP contribution >= 0.6 is 0 Å². The van der Waals surface area contributed by atoms with Crippen molar-refractivity contribution in [3.8, 4) is 0 Å². The molecule has 0 amide bonds. The first kappa shape index (κ1) is 18.2. The lowest BCUT2D eigenvalue weighted by Gasteiger charge is -2.10. The average molecular weight is 291 g/mol. The zero-order valence-corrected chi connectivity index (χ0v) is 15.0. The fourth-order valence-corrected chi connectivity index (χ4v) is 2.70. The van der Waals surface area contributed by atoms with Crippen LogP contribution in [0.25, 0.3) is 0 Å². The predicted octanol–water partition coefficient (Wildman–Crippen LogP) is 5.97. The molecule has 0 spiro atoms. The Kier molecular flexibility index (Phi) is 8.64. The van der Waals surface area contributed by atoms with E-state index in [-0.39, 0.29) is 0 Å². The van der Waals surface area contributed by atoms with Gasteiger partial charge in [0.25, 0.3) is 0 Å². The van der Waals surface area contributed by atoms with E-state index in [2.05, 4.69) is 57.6 Å². The van der Waals surface area contributed by atoms with Crippen LogP contribution in [-0.2, 0) is 6.54 Å². The summed E-state index contributed by atoms with van der Waals surface area (Å²) in [6.07, 6.45) is 14.4. The molecule has 1 heteroatoms. The number of unbranched alkanes of at least 4 members (excludes halogenated alkanes) is 6. The summed E-state index contributed by atoms with van der Waals surface area (Å²) in [7, 11) is 0. The van der Waals surface area contributed by atoms with Crippen LogP contribution in [0.4, 0.5) is 0 Å². The molecule has 0 saturated heterocycles. The van der Waals surface area contributed by atoms with Gasteiger partial charge in [-0.05, 0) is 24.3 Å². The maximum absolute atomic E-state index is 2.43. The van der Waals surface area contributed by atoms with Crippen molar-refractivity contribution in [2.45, 2.75) is 97.9 Å². The summed E-state index contributed by atoms with van der Waals surface area (Å²) in [6.45, 7) is 12.6. The van der Waals surface area contributed by atoms with Crippen molar-refractivity contribution in [3.05, 3.63) is 29.6 Å². The molecule has 0 unspecified atom stereocenters. The molecular weight excluding hydrogens is 254 g/mol. The lowest BCUT2D eigenvalue weighted by atomic mass is 9.98. The molecule has 0 aliphatic heterocycles. The lowest BCUT2D eigenvalue weighted by molar-refractivity contribution is -0.698. The summed E-state index contributed by atoms with van der Waals surface area (Å²) in [5.74, 6) is 1.23. The summed E-state index contributed by atoms with van der Waals surface area (Å²) >= 11 is 0. The summed E-state index contributed by atoms with van der Waals surface area (Å²) in [5.41, 5.74) is 2.95. The maximum Gasteiger partial charge on any atom is 0.172 e. The van der Waals surface area contributed by atoms with Gasteiger partial charge in [-0.3, -0.25) is 0 Å². The third kappa shape index (κ3) is 7.11. The number of aryl methyl sites for hydroxylation is 1. The van der Waals surface area contributed by atoms with Crippen LogP contribution in [0, 0.1) is 0 Å². The number of hydrogen-bond donors (Lipinski definition) is 0. The second-order valence-corrected chi connectivity index (χ2v) is 7.07. The van der Waals surface area contributed by atoms with Crippen molar-refractivity contribution in [2.75, 3.05) is 0 Å². The molecule has 0 radical (unpaired) electrons. The van der Waals surface area contributed by atoms with E-state index in [0.717, 1.165) is 0 Å². The second kappa shape index (κ2) is 9.97. The number of pyridine rings is 1. The largest absolute Gasteiger partial charge is 0.205 e. The van der Waals surface area contributed by atoms with E-state index in [1.807, 2.05) is 0 Å². The van der Waals surface area contributed by atoms with Crippen molar-refractivity contribution < 1.29 is 4.57 Å². The minimum atomic E-state index is 0.615. The Morgan fingerprint density at radius 2 is 1.24 bits per heavy atom. The van der Waals surface area contributed by atoms with Crippen molar-refractivity contribution in [1.82, 2.24) is 0 Å². The van der Waals surface area contributed by atoms with Crippen LogP contribution < -0.4 is 4.57 Å². The molecule has 1 aromatic heterocycles. The highest BCUT2D eigenvalue weighted by Crippen LogP contribution is 2.19. The van der Waals surface area contributed by atoms with Crippen LogP contribution in [0.3, 0.4) is 0 Å². The monoisotopic (exact) mass is 290 g/mol. The third-order valence-corrected chi connectivity index (χ3v) is 4.32. The lowest BCUT2D eigenvalue weighted by Crippen LogP contribution is -2.34. The maximum atomic E-state index is 2.43. The second-order valence-electron chi connectivity index (χ2n) is 7.07. The van der Waals surface area contributed by atoms with E-state index in [4.69, 9.17) is 0 Å². The number of rotatable bonds is 10. The molecule has 0 fully saturated rings. The highest BCUT2D eigenvalue weighted by Gasteiger charge is 2.12. The summed E-state index contributed by atoms with van der Waals surface area (Å²) in [4.78, 5) is 0. The Morgan fingerprint density at radius 3 is 1.71 bits per heavy atom. The van der Waals surface area contributed by atoms with E-state index in [9.17, 15) is 0 Å². The van der Waals surface area contributed by atoms with Crippen molar-refractivity contribution in [1.29, 1.82) is 0 Å². The quantitative estimate of drug-likeness (QED) is 0.369. The first-order chi connectivity index (χ1) is 10.0. The fourth-order valence-electron chi connectivity index (χ4n) is 2.70. The fraction of sp³-hybridized carbons (Fsp3) is 0.750. The van der Waals surface area contributed by atoms with E-state index in [1.165, 1.54) is 62.6 Å². The number of hydrogen-bond acceptors (Lipinski definition) is 0. The van der Waals surface area contributed by atoms with Gasteiger partial charge in [0.15, 0.2) is 12.4 Å². The average Bonchev–Trinajstić information content (AvgIpc) is 2.46. The molecule has 0 aliphatic rings. The van der Waals surface area contributed by atoms with E-state index >= 15 is 0 Å². The first-order valence-corrected chi connectivity index (χ1v) is 9.08. The standard InChI is InChI=1S/C20H36N/c1-6-7-8-9-10-11-12-13-21-15-19(17(2)3)14-20(16-21)18(4)5/h14-18H,6-13H2,1-5H3/q+1. The van der Waals surface area contributed by atoms with Gasteiger partial charge in [0, 0.05) is 17.5 Å². The Morgan fingerprint density at radius 1 is 0.762 bits per heavy atom. The molecule has 0 aromatic carbocycles. The summed E-state index contributed by atoms with van der Waals surface area (Å²) in [5, 5.41) is 0. The smallest absolute Gasteiger partial charge is 0.172 e. The Balaban J connectivity index is 2.46. The van der Waals surface area contributed by atoms with Gasteiger partial charge in [0.1, 0.15) is 6.54 Å². The van der Waals surface area contributed by atoms with Crippen LogP contribution in [-0.4, -0.2) is 0 Å². The highest BCUT2D eigenvalue weighted by molar-refractivity contribution is 5.20. The van der Waals surface area contributed by atoms with Gasteiger partial charge in [-0.1, -0.05) is 66.7 Å². The third-order valence-electron chi connectivity index (χ3n) is 4.32. The summed E-state index contributed by atoms with van der Waals surface area (Å²) in [6, 6.07) is 2.39. The van der Waals surface area contributed by atoms with Crippen molar-refractivity contribution in [3.63, 3.8) is 0 Å². The molecule has 120 valence electrons. The van der Waals surface area contributed by atoms with Crippen molar-refractivity contribution in [2.24, 2.45) is 0 Å². The van der Waals surface area contributed by atoms with Gasteiger partial charge in [0.2, 0.25) is 0 Å². The molecule has 1 rings (SSSR count). The Labute approximate surface area is 132 Å². The zero-order valence-electron chi connectivity index (χ0n) is 15.0. The zero-order chi connectivity index (χ0) is 15.7. The van der Waals surface area contributed by atoms with Crippen LogP contribution in [0.5, 0.6) is 0 Å². The molecule has 0 bridgehead atoms. The molecule has 1 aromatic rings. The van der Waals surface area contributed by atoms with E-state index in [0.29, 0.717) is 11.8 Å². The molecule has 1 heterocycles. The molecule has 1 nitrogen and oxygen atoms in total.